The Morgan fingerprint density at radius 1 is 1.27 bits per heavy atom. The lowest BCUT2D eigenvalue weighted by molar-refractivity contribution is 0.0744. The molecule has 7 heteroatoms. The number of aryl methyl sites for hydroxylation is 1. The summed E-state index contributed by atoms with van der Waals surface area (Å²) >= 11 is 0. The number of aromatic amines is 1. The third-order valence-corrected chi connectivity index (χ3v) is 4.42. The number of nitrogens with one attached hydrogen (secondary N) is 1. The molecule has 0 saturated heterocycles. The molecule has 1 aliphatic rings. The number of hydrogen-bond donors (Lipinski definition) is 1. The van der Waals surface area contributed by atoms with Gasteiger partial charge >= 0.3 is 0 Å². The van der Waals surface area contributed by atoms with Gasteiger partial charge in [-0.3, -0.25) is 9.89 Å². The van der Waals surface area contributed by atoms with Crippen molar-refractivity contribution in [3.63, 3.8) is 0 Å². The van der Waals surface area contributed by atoms with E-state index in [1.165, 1.54) is 0 Å². The Morgan fingerprint density at radius 3 is 2.77 bits per heavy atom. The maximum atomic E-state index is 12.8. The van der Waals surface area contributed by atoms with Crippen molar-refractivity contribution in [2.75, 3.05) is 0 Å². The van der Waals surface area contributed by atoms with Crippen molar-refractivity contribution in [1.82, 2.24) is 25.1 Å². The van der Waals surface area contributed by atoms with E-state index in [1.807, 2.05) is 25.3 Å². The second-order valence-corrected chi connectivity index (χ2v) is 7.65. The molecule has 0 radical (unpaired) electrons. The predicted octanol–water partition coefficient (Wildman–Crippen LogP) is 3.22. The van der Waals surface area contributed by atoms with Crippen LogP contribution < -0.4 is 0 Å². The van der Waals surface area contributed by atoms with Gasteiger partial charge in [-0.2, -0.15) is 5.10 Å². The summed E-state index contributed by atoms with van der Waals surface area (Å²) in [5, 5.41) is 7.02. The number of H-pyrrole nitrogens is 1. The minimum atomic E-state index is -0.133. The van der Waals surface area contributed by atoms with E-state index < -0.39 is 0 Å². The van der Waals surface area contributed by atoms with Crippen LogP contribution in [0, 0.1) is 6.92 Å². The van der Waals surface area contributed by atoms with Gasteiger partial charge in [-0.25, -0.2) is 9.97 Å². The fraction of sp³-hybridized carbons (Fsp3) is 0.368. The molecule has 3 aromatic heterocycles. The van der Waals surface area contributed by atoms with Gasteiger partial charge in [-0.05, 0) is 19.1 Å². The Labute approximate surface area is 151 Å². The van der Waals surface area contributed by atoms with Crippen LogP contribution in [0.2, 0.25) is 0 Å². The topological polar surface area (TPSA) is 87.9 Å². The highest BCUT2D eigenvalue weighted by molar-refractivity contribution is 5.93. The molecule has 0 aliphatic carbocycles. The molecule has 0 spiro atoms. The SMILES string of the molecule is Cc1ccc(-c2cc(C(=O)N3Cc4cnc(C(C)(C)C)nc4C3)n[nH]2)o1. The molecule has 0 saturated carbocycles. The van der Waals surface area contributed by atoms with Gasteiger partial charge in [0.2, 0.25) is 0 Å². The Morgan fingerprint density at radius 2 is 2.08 bits per heavy atom. The Bertz CT molecular complexity index is 980. The minimum absolute atomic E-state index is 0.120. The van der Waals surface area contributed by atoms with Crippen molar-refractivity contribution in [3.05, 3.63) is 52.9 Å². The first-order valence-electron chi connectivity index (χ1n) is 8.58. The van der Waals surface area contributed by atoms with Gasteiger partial charge in [-0.1, -0.05) is 20.8 Å². The monoisotopic (exact) mass is 351 g/mol. The van der Waals surface area contributed by atoms with Gasteiger partial charge in [0, 0.05) is 29.8 Å². The van der Waals surface area contributed by atoms with E-state index in [1.54, 1.807) is 11.0 Å². The molecule has 0 aromatic carbocycles. The predicted molar refractivity (Wildman–Crippen MR) is 95.3 cm³/mol. The Hall–Kier alpha value is -2.96. The molecule has 134 valence electrons. The molecule has 7 nitrogen and oxygen atoms in total. The van der Waals surface area contributed by atoms with Crippen LogP contribution in [0.5, 0.6) is 0 Å². The second-order valence-electron chi connectivity index (χ2n) is 7.65. The fourth-order valence-electron chi connectivity index (χ4n) is 2.96. The first-order valence-corrected chi connectivity index (χ1v) is 8.58. The number of carbonyl (C=O) groups excluding carboxylic acids is 1. The average molecular weight is 351 g/mol. The lowest BCUT2D eigenvalue weighted by atomic mass is 9.95. The molecule has 4 rings (SSSR count). The molecule has 4 heterocycles. The molecule has 26 heavy (non-hydrogen) atoms. The molecule has 1 aliphatic heterocycles. The van der Waals surface area contributed by atoms with Crippen LogP contribution in [0.25, 0.3) is 11.5 Å². The summed E-state index contributed by atoms with van der Waals surface area (Å²) in [6.45, 7) is 9.08. The maximum absolute atomic E-state index is 12.8. The van der Waals surface area contributed by atoms with Crippen LogP contribution in [-0.2, 0) is 18.5 Å². The highest BCUT2D eigenvalue weighted by atomic mass is 16.3. The summed E-state index contributed by atoms with van der Waals surface area (Å²) in [6, 6.07) is 5.45. The Balaban J connectivity index is 1.54. The van der Waals surface area contributed by atoms with Crippen LogP contribution in [0.1, 0.15) is 54.1 Å². The van der Waals surface area contributed by atoms with E-state index in [0.717, 1.165) is 22.8 Å². The van der Waals surface area contributed by atoms with Crippen LogP contribution in [-0.4, -0.2) is 31.0 Å². The molecule has 1 amide bonds. The average Bonchev–Trinajstić information content (AvgIpc) is 3.31. The summed E-state index contributed by atoms with van der Waals surface area (Å²) in [5.74, 6) is 2.14. The van der Waals surface area contributed by atoms with Gasteiger partial charge in [0.15, 0.2) is 11.5 Å². The van der Waals surface area contributed by atoms with Crippen molar-refractivity contribution in [3.8, 4) is 11.5 Å². The van der Waals surface area contributed by atoms with Crippen molar-refractivity contribution < 1.29 is 9.21 Å². The first kappa shape index (κ1) is 16.5. The number of hydrogen-bond acceptors (Lipinski definition) is 5. The minimum Gasteiger partial charge on any atom is -0.460 e. The summed E-state index contributed by atoms with van der Waals surface area (Å²) in [6.07, 6.45) is 1.83. The number of carbonyl (C=O) groups is 1. The van der Waals surface area contributed by atoms with Crippen LogP contribution in [0.3, 0.4) is 0 Å². The number of furan rings is 1. The molecular weight excluding hydrogens is 330 g/mol. The normalized spacial score (nSPS) is 13.9. The zero-order chi connectivity index (χ0) is 18.5. The van der Waals surface area contributed by atoms with E-state index >= 15 is 0 Å². The van der Waals surface area contributed by atoms with Crippen molar-refractivity contribution in [2.45, 2.75) is 46.2 Å². The third kappa shape index (κ3) is 2.89. The molecule has 0 bridgehead atoms. The van der Waals surface area contributed by atoms with E-state index in [2.05, 4.69) is 40.9 Å². The van der Waals surface area contributed by atoms with Gasteiger partial charge in [0.25, 0.3) is 5.91 Å². The van der Waals surface area contributed by atoms with Crippen LogP contribution in [0.4, 0.5) is 0 Å². The molecular formula is C19H21N5O2. The van der Waals surface area contributed by atoms with Crippen LogP contribution in [0.15, 0.2) is 28.8 Å². The third-order valence-electron chi connectivity index (χ3n) is 4.42. The highest BCUT2D eigenvalue weighted by Crippen LogP contribution is 2.26. The summed E-state index contributed by atoms with van der Waals surface area (Å²) < 4.78 is 5.57. The molecule has 0 fully saturated rings. The molecule has 0 atom stereocenters. The number of amides is 1. The zero-order valence-corrected chi connectivity index (χ0v) is 15.3. The van der Waals surface area contributed by atoms with Gasteiger partial charge in [-0.15, -0.1) is 0 Å². The molecule has 0 unspecified atom stereocenters. The van der Waals surface area contributed by atoms with E-state index in [0.29, 0.717) is 30.2 Å². The standard InChI is InChI=1S/C19H21N5O2/c1-11-5-6-16(26-11)13-7-14(23-22-13)17(25)24-9-12-8-20-18(19(2,3)4)21-15(12)10-24/h5-8H,9-10H2,1-4H3,(H,22,23). The zero-order valence-electron chi connectivity index (χ0n) is 15.3. The van der Waals surface area contributed by atoms with Crippen molar-refractivity contribution in [2.24, 2.45) is 0 Å². The smallest absolute Gasteiger partial charge is 0.275 e. The maximum Gasteiger partial charge on any atom is 0.275 e. The summed E-state index contributed by atoms with van der Waals surface area (Å²) in [7, 11) is 0. The summed E-state index contributed by atoms with van der Waals surface area (Å²) in [4.78, 5) is 23.7. The number of fused-ring (bicyclic) bond motifs is 1. The second kappa shape index (κ2) is 5.79. The largest absolute Gasteiger partial charge is 0.460 e. The van der Waals surface area contributed by atoms with Gasteiger partial charge in [0.05, 0.1) is 12.2 Å². The molecule has 3 aromatic rings. The van der Waals surface area contributed by atoms with E-state index in [-0.39, 0.29) is 11.3 Å². The lowest BCUT2D eigenvalue weighted by Gasteiger charge is -2.16. The number of nitrogens with zero attached hydrogens (tertiary/aromatic N) is 4. The van der Waals surface area contributed by atoms with Crippen LogP contribution >= 0.6 is 0 Å². The van der Waals surface area contributed by atoms with E-state index in [4.69, 9.17) is 4.42 Å². The fourth-order valence-corrected chi connectivity index (χ4v) is 2.96. The van der Waals surface area contributed by atoms with Gasteiger partial charge in [0.1, 0.15) is 17.3 Å². The molecule has 1 N–H and O–H groups in total. The number of rotatable bonds is 2. The van der Waals surface area contributed by atoms with Crippen molar-refractivity contribution >= 4 is 5.91 Å². The van der Waals surface area contributed by atoms with Crippen molar-refractivity contribution in [1.29, 1.82) is 0 Å². The van der Waals surface area contributed by atoms with Gasteiger partial charge < -0.3 is 9.32 Å². The summed E-state index contributed by atoms with van der Waals surface area (Å²) in [5.41, 5.74) is 2.84. The lowest BCUT2D eigenvalue weighted by Crippen LogP contribution is -2.25. The highest BCUT2D eigenvalue weighted by Gasteiger charge is 2.29. The first-order chi connectivity index (χ1) is 12.3. The van der Waals surface area contributed by atoms with E-state index in [9.17, 15) is 4.79 Å². The Kier molecular flexibility index (Phi) is 3.68. The quantitative estimate of drug-likeness (QED) is 0.766. The number of aromatic nitrogens is 4.